The molecule has 1 atom stereocenters. The molecule has 14 heavy (non-hydrogen) atoms. The summed E-state index contributed by atoms with van der Waals surface area (Å²) < 4.78 is 0. The summed E-state index contributed by atoms with van der Waals surface area (Å²) in [6.07, 6.45) is 14.7. The van der Waals surface area contributed by atoms with E-state index in [4.69, 9.17) is 5.73 Å². The van der Waals surface area contributed by atoms with Crippen molar-refractivity contribution in [2.75, 3.05) is 0 Å². The van der Waals surface area contributed by atoms with Crippen molar-refractivity contribution in [3.63, 3.8) is 0 Å². The van der Waals surface area contributed by atoms with Gasteiger partial charge >= 0.3 is 0 Å². The monoisotopic (exact) mass is 193 g/mol. The lowest BCUT2D eigenvalue weighted by Gasteiger charge is -2.15. The van der Waals surface area contributed by atoms with E-state index >= 15 is 0 Å². The minimum absolute atomic E-state index is 0.387. The fourth-order valence-corrected chi connectivity index (χ4v) is 2.93. The zero-order valence-corrected chi connectivity index (χ0v) is 9.17. The third-order valence-corrected chi connectivity index (χ3v) is 3.91. The molecule has 2 aliphatic carbocycles. The van der Waals surface area contributed by atoms with Gasteiger partial charge in [-0.25, -0.2) is 0 Å². The molecule has 0 heterocycles. The van der Waals surface area contributed by atoms with Gasteiger partial charge in [-0.05, 0) is 38.0 Å². The van der Waals surface area contributed by atoms with Crippen LogP contribution in [0.5, 0.6) is 0 Å². The van der Waals surface area contributed by atoms with Crippen molar-refractivity contribution < 1.29 is 0 Å². The zero-order valence-electron chi connectivity index (χ0n) is 9.17. The smallest absolute Gasteiger partial charge is 0.0253 e. The highest BCUT2D eigenvalue weighted by molar-refractivity contribution is 5.14. The van der Waals surface area contributed by atoms with Crippen LogP contribution in [0.2, 0.25) is 0 Å². The van der Waals surface area contributed by atoms with Crippen LogP contribution in [0.25, 0.3) is 0 Å². The highest BCUT2D eigenvalue weighted by Gasteiger charge is 2.18. The molecule has 0 spiro atoms. The first-order valence-electron chi connectivity index (χ1n) is 6.31. The van der Waals surface area contributed by atoms with Crippen LogP contribution in [-0.4, -0.2) is 6.04 Å². The maximum Gasteiger partial charge on any atom is 0.0253 e. The van der Waals surface area contributed by atoms with Crippen LogP contribution < -0.4 is 5.73 Å². The Morgan fingerprint density at radius 1 is 1.29 bits per heavy atom. The first-order chi connectivity index (χ1) is 6.86. The van der Waals surface area contributed by atoms with Gasteiger partial charge in [0.15, 0.2) is 0 Å². The van der Waals surface area contributed by atoms with E-state index in [2.05, 4.69) is 6.08 Å². The van der Waals surface area contributed by atoms with Gasteiger partial charge in [-0.15, -0.1) is 0 Å². The van der Waals surface area contributed by atoms with Crippen LogP contribution in [0, 0.1) is 5.92 Å². The second-order valence-electron chi connectivity index (χ2n) is 5.01. The van der Waals surface area contributed by atoms with Gasteiger partial charge in [0.2, 0.25) is 0 Å². The van der Waals surface area contributed by atoms with Crippen molar-refractivity contribution in [1.82, 2.24) is 0 Å². The van der Waals surface area contributed by atoms with Gasteiger partial charge in [0, 0.05) is 6.04 Å². The first-order valence-corrected chi connectivity index (χ1v) is 6.31. The highest BCUT2D eigenvalue weighted by Crippen LogP contribution is 2.30. The third kappa shape index (κ3) is 2.60. The topological polar surface area (TPSA) is 26.0 Å². The molecule has 0 bridgehead atoms. The number of allylic oxidation sites excluding steroid dienone is 1. The zero-order chi connectivity index (χ0) is 9.80. The minimum Gasteiger partial charge on any atom is -0.324 e. The first kappa shape index (κ1) is 10.2. The van der Waals surface area contributed by atoms with Crippen molar-refractivity contribution in [3.05, 3.63) is 11.6 Å². The van der Waals surface area contributed by atoms with E-state index in [0.717, 1.165) is 5.92 Å². The van der Waals surface area contributed by atoms with Crippen molar-refractivity contribution in [3.8, 4) is 0 Å². The van der Waals surface area contributed by atoms with Crippen LogP contribution in [0.1, 0.15) is 57.8 Å². The second-order valence-corrected chi connectivity index (χ2v) is 5.01. The summed E-state index contributed by atoms with van der Waals surface area (Å²) in [7, 11) is 0. The maximum atomic E-state index is 6.19. The maximum absolute atomic E-state index is 6.19. The fraction of sp³-hybridized carbons (Fsp3) is 0.846. The minimum atomic E-state index is 0.387. The Hall–Kier alpha value is -0.300. The Morgan fingerprint density at radius 2 is 2.07 bits per heavy atom. The van der Waals surface area contributed by atoms with E-state index in [1.54, 1.807) is 5.57 Å². The van der Waals surface area contributed by atoms with E-state index < -0.39 is 0 Å². The van der Waals surface area contributed by atoms with Gasteiger partial charge in [-0.3, -0.25) is 0 Å². The largest absolute Gasteiger partial charge is 0.324 e. The van der Waals surface area contributed by atoms with Crippen LogP contribution in [0.3, 0.4) is 0 Å². The normalized spacial score (nSPS) is 25.4. The molecule has 0 radical (unpaired) electrons. The Labute approximate surface area is 87.8 Å². The van der Waals surface area contributed by atoms with Crippen molar-refractivity contribution in [2.45, 2.75) is 63.8 Å². The standard InChI is InChI=1S/C13H23N/c14-13(12-7-3-4-8-12)10-9-11-5-1-2-6-11/h7,11,13H,1-6,8-10,14H2. The quantitative estimate of drug-likeness (QED) is 0.680. The Morgan fingerprint density at radius 3 is 2.71 bits per heavy atom. The lowest BCUT2D eigenvalue weighted by atomic mass is 9.95. The summed E-state index contributed by atoms with van der Waals surface area (Å²) >= 11 is 0. The summed E-state index contributed by atoms with van der Waals surface area (Å²) in [4.78, 5) is 0. The Bertz CT molecular complexity index is 201. The molecule has 1 unspecified atom stereocenters. The molecular weight excluding hydrogens is 170 g/mol. The predicted molar refractivity (Wildman–Crippen MR) is 61.1 cm³/mol. The predicted octanol–water partition coefficient (Wildman–Crippen LogP) is 3.39. The van der Waals surface area contributed by atoms with Crippen LogP contribution >= 0.6 is 0 Å². The van der Waals surface area contributed by atoms with Gasteiger partial charge in [-0.2, -0.15) is 0 Å². The van der Waals surface area contributed by atoms with Crippen LogP contribution in [0.15, 0.2) is 11.6 Å². The summed E-state index contributed by atoms with van der Waals surface area (Å²) in [5.41, 5.74) is 7.73. The molecule has 2 N–H and O–H groups in total. The summed E-state index contributed by atoms with van der Waals surface area (Å²) in [6.45, 7) is 0. The number of hydrogen-bond acceptors (Lipinski definition) is 1. The molecule has 2 rings (SSSR count). The molecule has 1 heteroatoms. The molecular formula is C13H23N. The van der Waals surface area contributed by atoms with E-state index in [1.807, 2.05) is 0 Å². The van der Waals surface area contributed by atoms with Crippen LogP contribution in [-0.2, 0) is 0 Å². The average Bonchev–Trinajstić information content (AvgIpc) is 2.87. The third-order valence-electron chi connectivity index (χ3n) is 3.91. The van der Waals surface area contributed by atoms with E-state index in [1.165, 1.54) is 57.8 Å². The Balaban J connectivity index is 1.68. The SMILES string of the molecule is NC(CCC1CCCC1)C1=CCCC1. The lowest BCUT2D eigenvalue weighted by molar-refractivity contribution is 0.462. The molecule has 0 aliphatic heterocycles. The summed E-state index contributed by atoms with van der Waals surface area (Å²) in [5, 5.41) is 0. The van der Waals surface area contributed by atoms with Gasteiger partial charge in [-0.1, -0.05) is 37.3 Å². The van der Waals surface area contributed by atoms with Gasteiger partial charge in [0.05, 0.1) is 0 Å². The molecule has 80 valence electrons. The molecule has 0 saturated heterocycles. The molecule has 1 saturated carbocycles. The van der Waals surface area contributed by atoms with Gasteiger partial charge in [0.1, 0.15) is 0 Å². The summed E-state index contributed by atoms with van der Waals surface area (Å²) in [5.74, 6) is 1.00. The number of rotatable bonds is 4. The van der Waals surface area contributed by atoms with Crippen LogP contribution in [0.4, 0.5) is 0 Å². The van der Waals surface area contributed by atoms with Crippen molar-refractivity contribution >= 4 is 0 Å². The molecule has 1 nitrogen and oxygen atoms in total. The molecule has 0 aromatic rings. The molecule has 1 fully saturated rings. The molecule has 0 amide bonds. The second kappa shape index (κ2) is 4.97. The summed E-state index contributed by atoms with van der Waals surface area (Å²) in [6, 6.07) is 0.387. The van der Waals surface area contributed by atoms with Gasteiger partial charge in [0.25, 0.3) is 0 Å². The van der Waals surface area contributed by atoms with Crippen molar-refractivity contribution in [2.24, 2.45) is 11.7 Å². The molecule has 0 aromatic heterocycles. The molecule has 2 aliphatic rings. The van der Waals surface area contributed by atoms with E-state index in [9.17, 15) is 0 Å². The number of nitrogens with two attached hydrogens (primary N) is 1. The van der Waals surface area contributed by atoms with E-state index in [-0.39, 0.29) is 0 Å². The fourth-order valence-electron chi connectivity index (χ4n) is 2.93. The number of hydrogen-bond donors (Lipinski definition) is 1. The Kier molecular flexibility index (Phi) is 3.63. The van der Waals surface area contributed by atoms with Gasteiger partial charge < -0.3 is 5.73 Å². The average molecular weight is 193 g/mol. The highest BCUT2D eigenvalue weighted by atomic mass is 14.6. The van der Waals surface area contributed by atoms with Crippen molar-refractivity contribution in [1.29, 1.82) is 0 Å². The lowest BCUT2D eigenvalue weighted by Crippen LogP contribution is -2.22. The molecule has 0 aromatic carbocycles. The van der Waals surface area contributed by atoms with E-state index in [0.29, 0.717) is 6.04 Å².